The molecule has 0 saturated carbocycles. The molecule has 0 saturated heterocycles. The molecule has 3 aromatic rings. The second kappa shape index (κ2) is 11.3. The molecule has 0 unspecified atom stereocenters. The molecular weight excluding hydrogens is 429 g/mol. The van der Waals surface area contributed by atoms with Gasteiger partial charge in [-0.15, -0.1) is 0 Å². The Kier molecular flexibility index (Phi) is 8.47. The summed E-state index contributed by atoms with van der Waals surface area (Å²) in [5, 5.41) is 53.7. The first-order chi connectivity index (χ1) is 15.4. The van der Waals surface area contributed by atoms with Gasteiger partial charge >= 0.3 is 0 Å². The fraction of sp³-hybridized carbons (Fsp3) is 0.208. The van der Waals surface area contributed by atoms with E-state index in [-0.39, 0.29) is 0 Å². The largest absolute Gasteiger partial charge is 0.394 e. The number of hydrogen-bond donors (Lipinski definition) is 6. The number of amides is 1. The van der Waals surface area contributed by atoms with Gasteiger partial charge in [-0.1, -0.05) is 72.8 Å². The standard InChI is InChI=1S/C24H26NO6P/c26-15-20(27)21(28)22(29)23(30)24(31)25-16-11-13-19(14-12-16)32(17-7-3-1-4-8-17)18-9-5-2-6-10-18/h1-14,20-23,26-30H,15H2,(H,25,31)/t20-,21+,22+,23+/m1/s1. The molecular formula is C24H26NO6P. The Hall–Kier alpha value is -2.64. The molecule has 6 N–H and O–H groups in total. The summed E-state index contributed by atoms with van der Waals surface area (Å²) in [5.74, 6) is -0.942. The van der Waals surface area contributed by atoms with Crippen LogP contribution in [-0.2, 0) is 4.79 Å². The van der Waals surface area contributed by atoms with Crippen LogP contribution in [0.4, 0.5) is 5.69 Å². The van der Waals surface area contributed by atoms with Crippen molar-refractivity contribution < 1.29 is 30.3 Å². The molecule has 7 nitrogen and oxygen atoms in total. The molecule has 0 aromatic heterocycles. The van der Waals surface area contributed by atoms with Gasteiger partial charge in [0.15, 0.2) is 6.10 Å². The average Bonchev–Trinajstić information content (AvgIpc) is 2.84. The van der Waals surface area contributed by atoms with Crippen molar-refractivity contribution in [2.75, 3.05) is 11.9 Å². The van der Waals surface area contributed by atoms with Crippen molar-refractivity contribution in [1.82, 2.24) is 0 Å². The average molecular weight is 455 g/mol. The third kappa shape index (κ3) is 5.78. The van der Waals surface area contributed by atoms with Gasteiger partial charge in [0.25, 0.3) is 5.91 Å². The van der Waals surface area contributed by atoms with Gasteiger partial charge in [0, 0.05) is 5.69 Å². The molecule has 3 aromatic carbocycles. The second-order valence-electron chi connectivity index (χ2n) is 7.22. The van der Waals surface area contributed by atoms with Crippen LogP contribution in [0.25, 0.3) is 0 Å². The highest BCUT2D eigenvalue weighted by molar-refractivity contribution is 7.79. The first kappa shape index (κ1) is 24.0. The molecule has 32 heavy (non-hydrogen) atoms. The van der Waals surface area contributed by atoms with Crippen LogP contribution in [0, 0.1) is 0 Å². The molecule has 0 fully saturated rings. The Bertz CT molecular complexity index is 947. The second-order valence-corrected chi connectivity index (χ2v) is 9.44. The lowest BCUT2D eigenvalue weighted by Crippen LogP contribution is -2.50. The van der Waals surface area contributed by atoms with Crippen molar-refractivity contribution >= 4 is 35.4 Å². The van der Waals surface area contributed by atoms with Crippen LogP contribution >= 0.6 is 7.92 Å². The molecule has 0 aliphatic heterocycles. The molecule has 0 aliphatic carbocycles. The zero-order valence-corrected chi connectivity index (χ0v) is 18.1. The van der Waals surface area contributed by atoms with Crippen LogP contribution in [0.3, 0.4) is 0 Å². The van der Waals surface area contributed by atoms with Gasteiger partial charge in [0.1, 0.15) is 18.3 Å². The first-order valence-electron chi connectivity index (χ1n) is 10.1. The van der Waals surface area contributed by atoms with Crippen molar-refractivity contribution in [1.29, 1.82) is 0 Å². The first-order valence-corrected chi connectivity index (χ1v) is 11.4. The minimum absolute atomic E-state index is 0.401. The smallest absolute Gasteiger partial charge is 0.256 e. The molecule has 0 radical (unpaired) electrons. The highest BCUT2D eigenvalue weighted by Gasteiger charge is 2.34. The van der Waals surface area contributed by atoms with Crippen molar-refractivity contribution in [3.8, 4) is 0 Å². The number of nitrogens with one attached hydrogen (secondary N) is 1. The number of benzene rings is 3. The Morgan fingerprint density at radius 2 is 1.19 bits per heavy atom. The lowest BCUT2D eigenvalue weighted by molar-refractivity contribution is -0.144. The maximum absolute atomic E-state index is 12.3. The van der Waals surface area contributed by atoms with E-state index in [0.717, 1.165) is 5.30 Å². The molecule has 0 bridgehead atoms. The molecule has 3 rings (SSSR count). The van der Waals surface area contributed by atoms with Gasteiger partial charge in [-0.25, -0.2) is 0 Å². The molecule has 8 heteroatoms. The minimum atomic E-state index is -1.99. The quantitative estimate of drug-likeness (QED) is 0.248. The maximum Gasteiger partial charge on any atom is 0.256 e. The highest BCUT2D eigenvalue weighted by Crippen LogP contribution is 2.32. The predicted molar refractivity (Wildman–Crippen MR) is 125 cm³/mol. The van der Waals surface area contributed by atoms with Crippen LogP contribution in [-0.4, -0.2) is 62.5 Å². The zero-order valence-electron chi connectivity index (χ0n) is 17.2. The fourth-order valence-corrected chi connectivity index (χ4v) is 5.47. The summed E-state index contributed by atoms with van der Waals surface area (Å²) in [7, 11) is -0.806. The molecule has 0 spiro atoms. The van der Waals surface area contributed by atoms with Crippen LogP contribution in [0.5, 0.6) is 0 Å². The Morgan fingerprint density at radius 1 is 0.719 bits per heavy atom. The third-order valence-corrected chi connectivity index (χ3v) is 7.39. The van der Waals surface area contributed by atoms with E-state index >= 15 is 0 Å². The Labute approximate surface area is 187 Å². The summed E-state index contributed by atoms with van der Waals surface area (Å²) in [5.41, 5.74) is 0.401. The molecule has 0 heterocycles. The van der Waals surface area contributed by atoms with Crippen LogP contribution in [0.2, 0.25) is 0 Å². The van der Waals surface area contributed by atoms with Gasteiger partial charge in [-0.05, 0) is 36.0 Å². The van der Waals surface area contributed by atoms with E-state index in [1.54, 1.807) is 12.1 Å². The van der Waals surface area contributed by atoms with Gasteiger partial charge in [0.05, 0.1) is 6.61 Å². The van der Waals surface area contributed by atoms with Crippen LogP contribution in [0.1, 0.15) is 0 Å². The predicted octanol–water partition coefficient (Wildman–Crippen LogP) is -0.181. The minimum Gasteiger partial charge on any atom is -0.394 e. The van der Waals surface area contributed by atoms with E-state index in [1.165, 1.54) is 10.6 Å². The molecule has 0 aliphatic rings. The lowest BCUT2D eigenvalue weighted by Gasteiger charge is -2.25. The van der Waals surface area contributed by atoms with Crippen molar-refractivity contribution in [3.05, 3.63) is 84.9 Å². The SMILES string of the molecule is O=C(Nc1ccc(P(c2ccccc2)c2ccccc2)cc1)[C@@H](O)[C@@H](O)[C@@H](O)[C@H](O)CO. The van der Waals surface area contributed by atoms with Crippen molar-refractivity contribution in [3.63, 3.8) is 0 Å². The Morgan fingerprint density at radius 3 is 1.66 bits per heavy atom. The van der Waals surface area contributed by atoms with Gasteiger partial charge in [-0.3, -0.25) is 4.79 Å². The summed E-state index contributed by atoms with van der Waals surface area (Å²) in [6.45, 7) is -0.820. The highest BCUT2D eigenvalue weighted by atomic mass is 31.1. The van der Waals surface area contributed by atoms with Crippen LogP contribution in [0.15, 0.2) is 84.9 Å². The molecule has 1 amide bonds. The number of aliphatic hydroxyl groups is 5. The monoisotopic (exact) mass is 455 g/mol. The number of carbonyl (C=O) groups is 1. The normalized spacial score (nSPS) is 15.1. The number of aliphatic hydroxyl groups excluding tert-OH is 5. The summed E-state index contributed by atoms with van der Waals surface area (Å²) in [4.78, 5) is 12.3. The number of rotatable bonds is 9. The summed E-state index contributed by atoms with van der Waals surface area (Å²) in [6.07, 6.45) is -7.50. The van der Waals surface area contributed by atoms with E-state index in [1.807, 2.05) is 48.5 Å². The van der Waals surface area contributed by atoms with Gasteiger partial charge in [0.2, 0.25) is 0 Å². The van der Waals surface area contributed by atoms with Crippen LogP contribution < -0.4 is 21.2 Å². The summed E-state index contributed by atoms with van der Waals surface area (Å²) < 4.78 is 0. The summed E-state index contributed by atoms with van der Waals surface area (Å²) >= 11 is 0. The van der Waals surface area contributed by atoms with Crippen molar-refractivity contribution in [2.45, 2.75) is 24.4 Å². The fourth-order valence-electron chi connectivity index (χ4n) is 3.19. The molecule has 4 atom stereocenters. The third-order valence-electron chi connectivity index (χ3n) is 4.95. The van der Waals surface area contributed by atoms with Gasteiger partial charge in [-0.2, -0.15) is 0 Å². The van der Waals surface area contributed by atoms with E-state index in [0.29, 0.717) is 5.69 Å². The summed E-state index contributed by atoms with van der Waals surface area (Å²) in [6, 6.07) is 27.4. The Balaban J connectivity index is 1.76. The van der Waals surface area contributed by atoms with E-state index in [4.69, 9.17) is 5.11 Å². The zero-order chi connectivity index (χ0) is 23.1. The molecule has 168 valence electrons. The van der Waals surface area contributed by atoms with E-state index < -0.39 is 44.9 Å². The van der Waals surface area contributed by atoms with E-state index in [9.17, 15) is 25.2 Å². The van der Waals surface area contributed by atoms with E-state index in [2.05, 4.69) is 29.6 Å². The van der Waals surface area contributed by atoms with Crippen molar-refractivity contribution in [2.24, 2.45) is 0 Å². The number of hydrogen-bond acceptors (Lipinski definition) is 6. The maximum atomic E-state index is 12.3. The number of carbonyl (C=O) groups excluding carboxylic acids is 1. The number of anilines is 1. The lowest BCUT2D eigenvalue weighted by atomic mass is 10.0. The van der Waals surface area contributed by atoms with Gasteiger partial charge < -0.3 is 30.8 Å². The topological polar surface area (TPSA) is 130 Å².